The molecule has 0 aromatic heterocycles. The van der Waals surface area contributed by atoms with Gasteiger partial charge < -0.3 is 5.21 Å². The maximum atomic E-state index is 8.93. The number of hydrogen-bond acceptors (Lipinski definition) is 3. The van der Waals surface area contributed by atoms with Crippen molar-refractivity contribution < 1.29 is 5.21 Å². The smallest absolute Gasteiger partial charge is 0.0954 e. The van der Waals surface area contributed by atoms with Crippen molar-refractivity contribution in [2.45, 2.75) is 20.8 Å². The van der Waals surface area contributed by atoms with Crippen molar-refractivity contribution in [2.75, 3.05) is 0 Å². The minimum atomic E-state index is 0.117. The zero-order valence-corrected chi connectivity index (χ0v) is 8.00. The molecule has 1 saturated carbocycles. The van der Waals surface area contributed by atoms with Gasteiger partial charge in [0.05, 0.1) is 11.8 Å². The molecular formula is C10H12N2O. The van der Waals surface area contributed by atoms with Crippen molar-refractivity contribution in [1.82, 2.24) is 0 Å². The Kier molecular flexibility index (Phi) is 1.37. The highest BCUT2D eigenvalue weighted by Gasteiger charge is 2.66. The summed E-state index contributed by atoms with van der Waals surface area (Å²) < 4.78 is 0. The number of nitriles is 1. The van der Waals surface area contributed by atoms with E-state index >= 15 is 0 Å². The summed E-state index contributed by atoms with van der Waals surface area (Å²) in [5.41, 5.74) is 2.51. The SMILES string of the molecule is CC1=C(C#N)[C@@H]2[C@H](/C1=N/O)C2(C)C. The van der Waals surface area contributed by atoms with Gasteiger partial charge in [-0.15, -0.1) is 0 Å². The lowest BCUT2D eigenvalue weighted by Gasteiger charge is -2.09. The van der Waals surface area contributed by atoms with Gasteiger partial charge in [0.1, 0.15) is 0 Å². The van der Waals surface area contributed by atoms with Crippen molar-refractivity contribution >= 4 is 5.71 Å². The van der Waals surface area contributed by atoms with Gasteiger partial charge in [-0.3, -0.25) is 0 Å². The third-order valence-electron chi connectivity index (χ3n) is 3.45. The fourth-order valence-corrected chi connectivity index (χ4v) is 2.58. The molecule has 0 saturated heterocycles. The third-order valence-corrected chi connectivity index (χ3v) is 3.45. The molecule has 0 radical (unpaired) electrons. The van der Waals surface area contributed by atoms with Crippen LogP contribution in [-0.4, -0.2) is 10.9 Å². The Morgan fingerprint density at radius 3 is 2.38 bits per heavy atom. The molecule has 2 aliphatic rings. The average Bonchev–Trinajstić information content (AvgIpc) is 2.52. The first-order valence-electron chi connectivity index (χ1n) is 4.39. The summed E-state index contributed by atoms with van der Waals surface area (Å²) in [5.74, 6) is 0.565. The number of oxime groups is 1. The molecule has 3 nitrogen and oxygen atoms in total. The van der Waals surface area contributed by atoms with E-state index in [0.29, 0.717) is 11.6 Å². The molecule has 68 valence electrons. The van der Waals surface area contributed by atoms with Crippen molar-refractivity contribution in [2.24, 2.45) is 22.4 Å². The van der Waals surface area contributed by atoms with Gasteiger partial charge in [0.2, 0.25) is 0 Å². The van der Waals surface area contributed by atoms with Crippen LogP contribution in [0.3, 0.4) is 0 Å². The summed E-state index contributed by atoms with van der Waals surface area (Å²) in [4.78, 5) is 0. The summed E-state index contributed by atoms with van der Waals surface area (Å²) in [6.45, 7) is 6.07. The molecule has 0 heterocycles. The van der Waals surface area contributed by atoms with Crippen LogP contribution in [0.4, 0.5) is 0 Å². The molecule has 1 fully saturated rings. The first-order valence-corrected chi connectivity index (χ1v) is 4.39. The Balaban J connectivity index is 2.51. The van der Waals surface area contributed by atoms with Gasteiger partial charge in [-0.2, -0.15) is 5.26 Å². The molecule has 13 heavy (non-hydrogen) atoms. The molecule has 0 aromatic carbocycles. The standard InChI is InChI=1S/C10H12N2O/c1-5-6(4-11)7-8(9(5)12-13)10(7,2)3/h7-8,13H,1-3H3/b12-9+/t7-,8-/m1/s1. The summed E-state index contributed by atoms with van der Waals surface area (Å²) >= 11 is 0. The Morgan fingerprint density at radius 2 is 2.08 bits per heavy atom. The second-order valence-electron chi connectivity index (χ2n) is 4.41. The van der Waals surface area contributed by atoms with Gasteiger partial charge in [-0.1, -0.05) is 19.0 Å². The number of hydrogen-bond donors (Lipinski definition) is 1. The highest BCUT2D eigenvalue weighted by Crippen LogP contribution is 2.67. The van der Waals surface area contributed by atoms with Gasteiger partial charge in [-0.05, 0) is 17.9 Å². The van der Waals surface area contributed by atoms with E-state index in [1.54, 1.807) is 0 Å². The zero-order chi connectivity index (χ0) is 9.80. The van der Waals surface area contributed by atoms with Crippen LogP contribution in [-0.2, 0) is 0 Å². The minimum absolute atomic E-state index is 0.117. The maximum absolute atomic E-state index is 8.93. The summed E-state index contributed by atoms with van der Waals surface area (Å²) in [6, 6.07) is 2.21. The van der Waals surface area contributed by atoms with E-state index in [2.05, 4.69) is 25.1 Å². The minimum Gasteiger partial charge on any atom is -0.411 e. The van der Waals surface area contributed by atoms with E-state index < -0.39 is 0 Å². The van der Waals surface area contributed by atoms with Crippen LogP contribution in [0.25, 0.3) is 0 Å². The van der Waals surface area contributed by atoms with Crippen LogP contribution in [0.2, 0.25) is 0 Å². The molecule has 0 amide bonds. The first kappa shape index (κ1) is 8.31. The Bertz CT molecular complexity index is 371. The fourth-order valence-electron chi connectivity index (χ4n) is 2.58. The summed E-state index contributed by atoms with van der Waals surface area (Å²) in [5, 5.41) is 21.1. The van der Waals surface area contributed by atoms with E-state index in [9.17, 15) is 0 Å². The monoisotopic (exact) mass is 176 g/mol. The molecule has 0 aromatic rings. The third kappa shape index (κ3) is 0.757. The highest BCUT2D eigenvalue weighted by molar-refractivity contribution is 6.08. The van der Waals surface area contributed by atoms with Crippen molar-refractivity contribution in [1.29, 1.82) is 5.26 Å². The highest BCUT2D eigenvalue weighted by atomic mass is 16.4. The molecule has 0 spiro atoms. The van der Waals surface area contributed by atoms with E-state index in [1.807, 2.05) is 6.92 Å². The first-order chi connectivity index (χ1) is 6.05. The lowest BCUT2D eigenvalue weighted by atomic mass is 9.95. The number of nitrogens with zero attached hydrogens (tertiary/aromatic N) is 2. The maximum Gasteiger partial charge on any atom is 0.0954 e. The summed E-state index contributed by atoms with van der Waals surface area (Å²) in [6.07, 6.45) is 0. The van der Waals surface area contributed by atoms with Gasteiger partial charge in [0.15, 0.2) is 0 Å². The molecule has 0 unspecified atom stereocenters. The number of fused-ring (bicyclic) bond motifs is 1. The van der Waals surface area contributed by atoms with Crippen LogP contribution in [0, 0.1) is 28.6 Å². The quantitative estimate of drug-likeness (QED) is 0.453. The largest absolute Gasteiger partial charge is 0.411 e. The number of allylic oxidation sites excluding steroid dienone is 2. The summed E-state index contributed by atoms with van der Waals surface area (Å²) in [7, 11) is 0. The normalized spacial score (nSPS) is 37.5. The molecule has 2 aliphatic carbocycles. The Labute approximate surface area is 77.4 Å². The van der Waals surface area contributed by atoms with Crippen LogP contribution in [0.1, 0.15) is 20.8 Å². The average molecular weight is 176 g/mol. The van der Waals surface area contributed by atoms with Gasteiger partial charge in [-0.25, -0.2) is 0 Å². The Morgan fingerprint density at radius 1 is 1.46 bits per heavy atom. The van der Waals surface area contributed by atoms with Gasteiger partial charge in [0, 0.05) is 17.4 Å². The molecule has 2 rings (SSSR count). The predicted molar refractivity (Wildman–Crippen MR) is 48.3 cm³/mol. The second-order valence-corrected chi connectivity index (χ2v) is 4.41. The number of rotatable bonds is 0. The fraction of sp³-hybridized carbons (Fsp3) is 0.600. The van der Waals surface area contributed by atoms with Crippen LogP contribution in [0.15, 0.2) is 16.3 Å². The Hall–Kier alpha value is -1.30. The predicted octanol–water partition coefficient (Wildman–Crippen LogP) is 1.94. The second kappa shape index (κ2) is 2.14. The van der Waals surface area contributed by atoms with E-state index in [-0.39, 0.29) is 11.3 Å². The van der Waals surface area contributed by atoms with Gasteiger partial charge >= 0.3 is 0 Å². The molecule has 3 heteroatoms. The van der Waals surface area contributed by atoms with Crippen LogP contribution < -0.4 is 0 Å². The molecule has 0 bridgehead atoms. The van der Waals surface area contributed by atoms with Crippen molar-refractivity contribution in [3.05, 3.63) is 11.1 Å². The van der Waals surface area contributed by atoms with E-state index in [0.717, 1.165) is 11.1 Å². The lowest BCUT2D eigenvalue weighted by Crippen LogP contribution is -2.08. The van der Waals surface area contributed by atoms with Gasteiger partial charge in [0.25, 0.3) is 0 Å². The topological polar surface area (TPSA) is 56.4 Å². The van der Waals surface area contributed by atoms with E-state index in [1.165, 1.54) is 0 Å². The van der Waals surface area contributed by atoms with Crippen LogP contribution >= 0.6 is 0 Å². The lowest BCUT2D eigenvalue weighted by molar-refractivity contribution is 0.316. The molecule has 0 aliphatic heterocycles. The van der Waals surface area contributed by atoms with Crippen molar-refractivity contribution in [3.8, 4) is 6.07 Å². The van der Waals surface area contributed by atoms with Crippen LogP contribution in [0.5, 0.6) is 0 Å². The molecule has 2 atom stereocenters. The zero-order valence-electron chi connectivity index (χ0n) is 8.00. The molecular weight excluding hydrogens is 164 g/mol. The molecule has 1 N–H and O–H groups in total. The van der Waals surface area contributed by atoms with E-state index in [4.69, 9.17) is 10.5 Å². The van der Waals surface area contributed by atoms with Crippen molar-refractivity contribution in [3.63, 3.8) is 0 Å².